The first-order valence-corrected chi connectivity index (χ1v) is 7.29. The number of methoxy groups -OCH3 is 1. The molecule has 6 nitrogen and oxygen atoms in total. The van der Waals surface area contributed by atoms with Gasteiger partial charge in [-0.3, -0.25) is 0 Å². The van der Waals surface area contributed by atoms with Crippen LogP contribution in [0.15, 0.2) is 6.33 Å². The second-order valence-electron chi connectivity index (χ2n) is 5.69. The molecule has 2 rings (SSSR count). The standard InChI is InChI=1S/C14H25N5O/c1-9(2)10-6-4-5-7-11(10)18-13-12(20-3)14(19-15)17-8-16-13/h8-11H,4-7,15H2,1-3H3,(H2,16,17,18,19). The van der Waals surface area contributed by atoms with Gasteiger partial charge >= 0.3 is 0 Å². The molecule has 4 N–H and O–H groups in total. The van der Waals surface area contributed by atoms with Gasteiger partial charge in [0.15, 0.2) is 11.6 Å². The molecule has 1 aromatic rings. The molecule has 2 atom stereocenters. The Morgan fingerprint density at radius 1 is 1.25 bits per heavy atom. The Balaban J connectivity index is 2.19. The molecule has 0 saturated heterocycles. The summed E-state index contributed by atoms with van der Waals surface area (Å²) in [6.45, 7) is 4.57. The maximum atomic E-state index is 5.46. The van der Waals surface area contributed by atoms with Crippen molar-refractivity contribution in [3.63, 3.8) is 0 Å². The molecule has 0 aliphatic heterocycles. The van der Waals surface area contributed by atoms with Gasteiger partial charge in [0.05, 0.1) is 7.11 Å². The number of rotatable bonds is 5. The molecular formula is C14H25N5O. The first-order valence-electron chi connectivity index (χ1n) is 7.29. The van der Waals surface area contributed by atoms with Crippen LogP contribution >= 0.6 is 0 Å². The number of nitrogens with zero attached hydrogens (tertiary/aromatic N) is 2. The number of nitrogen functional groups attached to an aromatic ring is 1. The number of ether oxygens (including phenoxy) is 1. The highest BCUT2D eigenvalue weighted by molar-refractivity contribution is 5.63. The van der Waals surface area contributed by atoms with E-state index in [2.05, 4.69) is 34.6 Å². The molecule has 20 heavy (non-hydrogen) atoms. The molecule has 112 valence electrons. The normalized spacial score (nSPS) is 22.6. The molecule has 0 bridgehead atoms. The van der Waals surface area contributed by atoms with Gasteiger partial charge < -0.3 is 15.5 Å². The summed E-state index contributed by atoms with van der Waals surface area (Å²) in [7, 11) is 1.60. The fourth-order valence-corrected chi connectivity index (χ4v) is 3.09. The molecule has 1 aliphatic carbocycles. The zero-order chi connectivity index (χ0) is 14.5. The van der Waals surface area contributed by atoms with Crippen molar-refractivity contribution in [3.05, 3.63) is 6.33 Å². The minimum absolute atomic E-state index is 0.429. The van der Waals surface area contributed by atoms with Crippen molar-refractivity contribution in [1.82, 2.24) is 9.97 Å². The predicted molar refractivity (Wildman–Crippen MR) is 80.6 cm³/mol. The summed E-state index contributed by atoms with van der Waals surface area (Å²) in [5.74, 6) is 8.57. The molecule has 1 fully saturated rings. The lowest BCUT2D eigenvalue weighted by atomic mass is 9.78. The minimum atomic E-state index is 0.429. The predicted octanol–water partition coefficient (Wildman–Crippen LogP) is 2.40. The van der Waals surface area contributed by atoms with Crippen LogP contribution in [0.4, 0.5) is 11.6 Å². The Kier molecular flexibility index (Phi) is 5.00. The van der Waals surface area contributed by atoms with E-state index in [1.54, 1.807) is 7.11 Å². The van der Waals surface area contributed by atoms with Gasteiger partial charge in [-0.05, 0) is 24.7 Å². The van der Waals surface area contributed by atoms with Gasteiger partial charge in [0.1, 0.15) is 6.33 Å². The van der Waals surface area contributed by atoms with E-state index in [0.717, 1.165) is 0 Å². The highest BCUT2D eigenvalue weighted by Crippen LogP contribution is 2.35. The third kappa shape index (κ3) is 3.12. The Labute approximate surface area is 120 Å². The number of hydrogen-bond acceptors (Lipinski definition) is 6. The lowest BCUT2D eigenvalue weighted by Crippen LogP contribution is -2.35. The summed E-state index contributed by atoms with van der Waals surface area (Å²) in [4.78, 5) is 8.37. The topological polar surface area (TPSA) is 85.1 Å². The lowest BCUT2D eigenvalue weighted by Gasteiger charge is -2.35. The number of nitrogens with two attached hydrogens (primary N) is 1. The van der Waals surface area contributed by atoms with Crippen LogP contribution in [0.1, 0.15) is 39.5 Å². The van der Waals surface area contributed by atoms with E-state index < -0.39 is 0 Å². The van der Waals surface area contributed by atoms with Gasteiger partial charge in [-0.25, -0.2) is 15.8 Å². The molecule has 1 aliphatic rings. The molecule has 0 amide bonds. The maximum Gasteiger partial charge on any atom is 0.205 e. The van der Waals surface area contributed by atoms with Crippen LogP contribution in [0.25, 0.3) is 0 Å². The summed E-state index contributed by atoms with van der Waals surface area (Å²) >= 11 is 0. The number of hydrazine groups is 1. The van der Waals surface area contributed by atoms with Crippen LogP contribution < -0.4 is 21.3 Å². The van der Waals surface area contributed by atoms with Gasteiger partial charge in [0.2, 0.25) is 5.75 Å². The largest absolute Gasteiger partial charge is 0.490 e. The van der Waals surface area contributed by atoms with Crippen molar-refractivity contribution < 1.29 is 4.74 Å². The van der Waals surface area contributed by atoms with E-state index in [-0.39, 0.29) is 0 Å². The average Bonchev–Trinajstić information content (AvgIpc) is 2.47. The van der Waals surface area contributed by atoms with Crippen LogP contribution in [-0.2, 0) is 0 Å². The van der Waals surface area contributed by atoms with Crippen LogP contribution in [0.3, 0.4) is 0 Å². The molecule has 6 heteroatoms. The first-order chi connectivity index (χ1) is 9.67. The van der Waals surface area contributed by atoms with Crippen LogP contribution in [0.5, 0.6) is 5.75 Å². The SMILES string of the molecule is COc1c(NN)ncnc1NC1CCCCC1C(C)C. The Morgan fingerprint density at radius 3 is 2.60 bits per heavy atom. The summed E-state index contributed by atoms with van der Waals surface area (Å²) in [5.41, 5.74) is 2.54. The van der Waals surface area contributed by atoms with E-state index >= 15 is 0 Å². The van der Waals surface area contributed by atoms with Gasteiger partial charge in [0, 0.05) is 6.04 Å². The molecule has 2 unspecified atom stereocenters. The van der Waals surface area contributed by atoms with Crippen LogP contribution in [-0.4, -0.2) is 23.1 Å². The minimum Gasteiger partial charge on any atom is -0.490 e. The smallest absolute Gasteiger partial charge is 0.205 e. The van der Waals surface area contributed by atoms with Gasteiger partial charge in [-0.2, -0.15) is 0 Å². The van der Waals surface area contributed by atoms with Gasteiger partial charge in [0.25, 0.3) is 0 Å². The zero-order valence-electron chi connectivity index (χ0n) is 12.5. The van der Waals surface area contributed by atoms with Crippen molar-refractivity contribution in [1.29, 1.82) is 0 Å². The van der Waals surface area contributed by atoms with Crippen molar-refractivity contribution in [2.75, 3.05) is 17.9 Å². The van der Waals surface area contributed by atoms with E-state index in [9.17, 15) is 0 Å². The molecule has 0 radical (unpaired) electrons. The molecule has 1 aromatic heterocycles. The second-order valence-corrected chi connectivity index (χ2v) is 5.69. The second kappa shape index (κ2) is 6.74. The number of hydrogen-bond donors (Lipinski definition) is 3. The number of nitrogens with one attached hydrogen (secondary N) is 2. The average molecular weight is 279 g/mol. The monoisotopic (exact) mass is 279 g/mol. The fourth-order valence-electron chi connectivity index (χ4n) is 3.09. The summed E-state index contributed by atoms with van der Waals surface area (Å²) in [6.07, 6.45) is 6.51. The molecule has 1 saturated carbocycles. The van der Waals surface area contributed by atoms with Crippen LogP contribution in [0, 0.1) is 11.8 Å². The summed E-state index contributed by atoms with van der Waals surface area (Å²) in [6, 6.07) is 0.429. The summed E-state index contributed by atoms with van der Waals surface area (Å²) in [5, 5.41) is 3.53. The third-order valence-corrected chi connectivity index (χ3v) is 4.14. The van der Waals surface area contributed by atoms with Crippen molar-refractivity contribution in [3.8, 4) is 5.75 Å². The number of anilines is 2. The Morgan fingerprint density at radius 2 is 1.95 bits per heavy atom. The first kappa shape index (κ1) is 14.8. The van der Waals surface area contributed by atoms with Crippen molar-refractivity contribution >= 4 is 11.6 Å². The third-order valence-electron chi connectivity index (χ3n) is 4.14. The fraction of sp³-hybridized carbons (Fsp3) is 0.714. The van der Waals surface area contributed by atoms with Crippen LogP contribution in [0.2, 0.25) is 0 Å². The molecule has 0 spiro atoms. The van der Waals surface area contributed by atoms with Gasteiger partial charge in [-0.1, -0.05) is 26.7 Å². The molecule has 0 aromatic carbocycles. The van der Waals surface area contributed by atoms with E-state index in [4.69, 9.17) is 10.6 Å². The van der Waals surface area contributed by atoms with E-state index in [1.165, 1.54) is 32.0 Å². The highest BCUT2D eigenvalue weighted by atomic mass is 16.5. The van der Waals surface area contributed by atoms with E-state index in [0.29, 0.717) is 35.3 Å². The lowest BCUT2D eigenvalue weighted by molar-refractivity contribution is 0.253. The highest BCUT2D eigenvalue weighted by Gasteiger charge is 2.28. The number of aromatic nitrogens is 2. The Hall–Kier alpha value is -1.56. The molecule has 1 heterocycles. The van der Waals surface area contributed by atoms with Gasteiger partial charge in [-0.15, -0.1) is 0 Å². The quantitative estimate of drug-likeness (QED) is 0.567. The maximum absolute atomic E-state index is 5.46. The van der Waals surface area contributed by atoms with Crippen molar-refractivity contribution in [2.45, 2.75) is 45.6 Å². The van der Waals surface area contributed by atoms with Crippen molar-refractivity contribution in [2.24, 2.45) is 17.7 Å². The molecular weight excluding hydrogens is 254 g/mol. The van der Waals surface area contributed by atoms with E-state index in [1.807, 2.05) is 0 Å². The zero-order valence-corrected chi connectivity index (χ0v) is 12.5. The Bertz CT molecular complexity index is 438. The summed E-state index contributed by atoms with van der Waals surface area (Å²) < 4.78 is 5.37.